The normalized spacial score (nSPS) is 22.0. The van der Waals surface area contributed by atoms with Crippen molar-refractivity contribution in [2.75, 3.05) is 39.0 Å². The molecule has 0 aromatic carbocycles. The predicted octanol–water partition coefficient (Wildman–Crippen LogP) is -0.546. The van der Waals surface area contributed by atoms with Gasteiger partial charge in [-0.15, -0.1) is 0 Å². The molecule has 1 aromatic rings. The van der Waals surface area contributed by atoms with Crippen LogP contribution in [-0.4, -0.2) is 66.4 Å². The molecule has 118 valence electrons. The van der Waals surface area contributed by atoms with Crippen molar-refractivity contribution in [2.45, 2.75) is 26.1 Å². The van der Waals surface area contributed by atoms with Gasteiger partial charge in [-0.3, -0.25) is 9.58 Å². The molecular formula is C13H23N5O2S. The van der Waals surface area contributed by atoms with Crippen LogP contribution in [0.15, 0.2) is 6.07 Å². The Morgan fingerprint density at radius 2 is 2.10 bits per heavy atom. The minimum Gasteiger partial charge on any atom is -0.309 e. The van der Waals surface area contributed by atoms with Gasteiger partial charge in [0.05, 0.1) is 24.2 Å². The molecule has 0 bridgehead atoms. The Balaban J connectivity index is 1.62. The Morgan fingerprint density at radius 3 is 2.86 bits per heavy atom. The molecule has 0 spiro atoms. The van der Waals surface area contributed by atoms with E-state index in [2.05, 4.69) is 26.1 Å². The number of nitrogens with zero attached hydrogens (tertiary/aromatic N) is 4. The Morgan fingerprint density at radius 1 is 1.24 bits per heavy atom. The van der Waals surface area contributed by atoms with Crippen LogP contribution < -0.4 is 5.32 Å². The summed E-state index contributed by atoms with van der Waals surface area (Å²) in [7, 11) is -3.07. The first-order chi connectivity index (χ1) is 10.0. The van der Waals surface area contributed by atoms with Crippen LogP contribution in [0.1, 0.15) is 17.8 Å². The molecule has 0 amide bonds. The number of sulfonamides is 1. The van der Waals surface area contributed by atoms with E-state index in [9.17, 15) is 8.42 Å². The van der Waals surface area contributed by atoms with Gasteiger partial charge in [-0.2, -0.15) is 5.10 Å². The van der Waals surface area contributed by atoms with Crippen molar-refractivity contribution in [2.24, 2.45) is 0 Å². The quantitative estimate of drug-likeness (QED) is 0.811. The maximum Gasteiger partial charge on any atom is 0.211 e. The number of aromatic nitrogens is 2. The van der Waals surface area contributed by atoms with E-state index < -0.39 is 10.0 Å². The molecule has 21 heavy (non-hydrogen) atoms. The van der Waals surface area contributed by atoms with E-state index in [1.807, 2.05) is 0 Å². The van der Waals surface area contributed by atoms with Crippen LogP contribution in [0.25, 0.3) is 0 Å². The van der Waals surface area contributed by atoms with Crippen LogP contribution in [0.5, 0.6) is 0 Å². The summed E-state index contributed by atoms with van der Waals surface area (Å²) in [4.78, 5) is 2.30. The summed E-state index contributed by atoms with van der Waals surface area (Å²) in [6, 6.07) is 2.16. The van der Waals surface area contributed by atoms with E-state index in [1.54, 1.807) is 4.31 Å². The number of hydrogen-bond acceptors (Lipinski definition) is 5. The lowest BCUT2D eigenvalue weighted by Gasteiger charge is -2.19. The summed E-state index contributed by atoms with van der Waals surface area (Å²) in [6.45, 7) is 6.48. The second-order valence-electron chi connectivity index (χ2n) is 5.82. The Hall–Kier alpha value is -0.960. The average Bonchev–Trinajstić information content (AvgIpc) is 2.66. The highest BCUT2D eigenvalue weighted by atomic mass is 32.2. The minimum atomic E-state index is -3.07. The third kappa shape index (κ3) is 3.63. The lowest BCUT2D eigenvalue weighted by Crippen LogP contribution is -2.34. The molecule has 2 aliphatic heterocycles. The topological polar surface area (TPSA) is 70.5 Å². The van der Waals surface area contributed by atoms with Crippen molar-refractivity contribution in [1.29, 1.82) is 0 Å². The maximum atomic E-state index is 11.6. The van der Waals surface area contributed by atoms with Crippen molar-refractivity contribution in [1.82, 2.24) is 24.3 Å². The molecule has 0 aliphatic carbocycles. The molecule has 7 nitrogen and oxygen atoms in total. The highest BCUT2D eigenvalue weighted by Gasteiger charge is 2.22. The predicted molar refractivity (Wildman–Crippen MR) is 80.2 cm³/mol. The number of hydrogen-bond donors (Lipinski definition) is 1. The van der Waals surface area contributed by atoms with Gasteiger partial charge in [-0.1, -0.05) is 0 Å². The highest BCUT2D eigenvalue weighted by molar-refractivity contribution is 7.88. The third-order valence-electron chi connectivity index (χ3n) is 4.12. The van der Waals surface area contributed by atoms with Crippen LogP contribution in [0.4, 0.5) is 0 Å². The van der Waals surface area contributed by atoms with Crippen molar-refractivity contribution < 1.29 is 8.42 Å². The summed E-state index contributed by atoms with van der Waals surface area (Å²) in [5.74, 6) is 0. The van der Waals surface area contributed by atoms with Gasteiger partial charge in [-0.25, -0.2) is 12.7 Å². The van der Waals surface area contributed by atoms with Crippen LogP contribution in [-0.2, 0) is 29.7 Å². The van der Waals surface area contributed by atoms with E-state index >= 15 is 0 Å². The molecule has 8 heteroatoms. The zero-order valence-corrected chi connectivity index (χ0v) is 13.3. The van der Waals surface area contributed by atoms with E-state index in [-0.39, 0.29) is 0 Å². The summed E-state index contributed by atoms with van der Waals surface area (Å²) in [6.07, 6.45) is 2.17. The van der Waals surface area contributed by atoms with Gasteiger partial charge in [0.1, 0.15) is 0 Å². The molecule has 0 unspecified atom stereocenters. The molecule has 1 aromatic heterocycles. The SMILES string of the molecule is CS(=O)(=O)N1CCCN(Cc2cc3n(n2)CCNC3)CC1. The molecule has 1 N–H and O–H groups in total. The molecule has 3 heterocycles. The van der Waals surface area contributed by atoms with Gasteiger partial charge in [0.15, 0.2) is 0 Å². The molecule has 1 saturated heterocycles. The van der Waals surface area contributed by atoms with Crippen LogP contribution in [0.2, 0.25) is 0 Å². The molecule has 1 fully saturated rings. The second kappa shape index (κ2) is 6.04. The van der Waals surface area contributed by atoms with Crippen LogP contribution >= 0.6 is 0 Å². The first kappa shape index (κ1) is 15.0. The molecular weight excluding hydrogens is 290 g/mol. The van der Waals surface area contributed by atoms with Crippen LogP contribution in [0, 0.1) is 0 Å². The van der Waals surface area contributed by atoms with Crippen molar-refractivity contribution in [3.8, 4) is 0 Å². The van der Waals surface area contributed by atoms with Gasteiger partial charge >= 0.3 is 0 Å². The monoisotopic (exact) mass is 313 g/mol. The number of rotatable bonds is 3. The lowest BCUT2D eigenvalue weighted by molar-refractivity contribution is 0.274. The Kier molecular flexibility index (Phi) is 4.30. The van der Waals surface area contributed by atoms with E-state index in [4.69, 9.17) is 0 Å². The first-order valence-corrected chi connectivity index (χ1v) is 9.31. The fourth-order valence-corrected chi connectivity index (χ4v) is 3.87. The van der Waals surface area contributed by atoms with Crippen LogP contribution in [0.3, 0.4) is 0 Å². The minimum absolute atomic E-state index is 0.577. The standard InChI is InChI=1S/C13H23N5O2S/c1-21(19,20)17-5-2-4-16(7-8-17)11-12-9-13-10-14-3-6-18(13)15-12/h9,14H,2-8,10-11H2,1H3. The zero-order chi connectivity index (χ0) is 14.9. The number of fused-ring (bicyclic) bond motifs is 1. The van der Waals surface area contributed by atoms with Crippen molar-refractivity contribution in [3.05, 3.63) is 17.5 Å². The van der Waals surface area contributed by atoms with Crippen molar-refractivity contribution >= 4 is 10.0 Å². The Labute approximate surface area is 126 Å². The first-order valence-electron chi connectivity index (χ1n) is 7.46. The van der Waals surface area contributed by atoms with E-state index in [1.165, 1.54) is 11.9 Å². The molecule has 0 atom stereocenters. The smallest absolute Gasteiger partial charge is 0.211 e. The van der Waals surface area contributed by atoms with E-state index in [0.717, 1.165) is 51.4 Å². The van der Waals surface area contributed by atoms with Crippen molar-refractivity contribution in [3.63, 3.8) is 0 Å². The fraction of sp³-hybridized carbons (Fsp3) is 0.769. The largest absolute Gasteiger partial charge is 0.309 e. The highest BCUT2D eigenvalue weighted by Crippen LogP contribution is 2.13. The zero-order valence-electron chi connectivity index (χ0n) is 12.5. The lowest BCUT2D eigenvalue weighted by atomic mass is 10.3. The third-order valence-corrected chi connectivity index (χ3v) is 5.43. The Bertz CT molecular complexity index is 574. The van der Waals surface area contributed by atoms with Gasteiger partial charge in [-0.05, 0) is 19.0 Å². The summed E-state index contributed by atoms with van der Waals surface area (Å²) in [5, 5.41) is 7.99. The molecule has 2 aliphatic rings. The van der Waals surface area contributed by atoms with Gasteiger partial charge in [0, 0.05) is 39.3 Å². The summed E-state index contributed by atoms with van der Waals surface area (Å²) < 4.78 is 26.9. The molecule has 0 radical (unpaired) electrons. The summed E-state index contributed by atoms with van der Waals surface area (Å²) >= 11 is 0. The maximum absolute atomic E-state index is 11.6. The molecule has 0 saturated carbocycles. The fourth-order valence-electron chi connectivity index (χ4n) is 3.00. The number of nitrogens with one attached hydrogen (secondary N) is 1. The molecule has 3 rings (SSSR count). The van der Waals surface area contributed by atoms with Gasteiger partial charge < -0.3 is 5.32 Å². The van der Waals surface area contributed by atoms with Gasteiger partial charge in [0.25, 0.3) is 0 Å². The van der Waals surface area contributed by atoms with E-state index in [0.29, 0.717) is 13.1 Å². The second-order valence-corrected chi connectivity index (χ2v) is 7.80. The van der Waals surface area contributed by atoms with Gasteiger partial charge in [0.2, 0.25) is 10.0 Å². The average molecular weight is 313 g/mol. The summed E-state index contributed by atoms with van der Waals surface area (Å²) in [5.41, 5.74) is 2.32.